The zero-order chi connectivity index (χ0) is 20.8. The molecule has 3 aromatic rings. The predicted molar refractivity (Wildman–Crippen MR) is 106 cm³/mol. The summed E-state index contributed by atoms with van der Waals surface area (Å²) in [5, 5.41) is 3.34. The number of fused-ring (bicyclic) bond motifs is 1. The fraction of sp³-hybridized carbons (Fsp3) is 0.333. The molecule has 150 valence electrons. The van der Waals surface area contributed by atoms with Crippen LogP contribution in [0.3, 0.4) is 0 Å². The molecule has 0 bridgehead atoms. The van der Waals surface area contributed by atoms with Crippen molar-refractivity contribution in [1.29, 1.82) is 0 Å². The van der Waals surface area contributed by atoms with Gasteiger partial charge in [0.05, 0.1) is 10.9 Å². The van der Waals surface area contributed by atoms with E-state index < -0.39 is 22.7 Å². The highest BCUT2D eigenvalue weighted by Gasteiger charge is 2.37. The van der Waals surface area contributed by atoms with Gasteiger partial charge in [0.2, 0.25) is 0 Å². The molecule has 2 aromatic heterocycles. The van der Waals surface area contributed by atoms with E-state index in [1.807, 2.05) is 0 Å². The van der Waals surface area contributed by atoms with Crippen molar-refractivity contribution >= 4 is 16.9 Å². The van der Waals surface area contributed by atoms with E-state index in [1.54, 1.807) is 12.1 Å². The predicted octanol–water partition coefficient (Wildman–Crippen LogP) is 1.97. The first-order valence-corrected chi connectivity index (χ1v) is 9.48. The summed E-state index contributed by atoms with van der Waals surface area (Å²) in [5.74, 6) is -0.724. The fourth-order valence-corrected chi connectivity index (χ4v) is 4.10. The summed E-state index contributed by atoms with van der Waals surface area (Å²) in [7, 11) is 2.91. The number of halogens is 1. The quantitative estimate of drug-likeness (QED) is 0.734. The van der Waals surface area contributed by atoms with Crippen molar-refractivity contribution in [3.8, 4) is 0 Å². The highest BCUT2D eigenvalue weighted by atomic mass is 19.1. The highest BCUT2D eigenvalue weighted by Crippen LogP contribution is 2.39. The van der Waals surface area contributed by atoms with Gasteiger partial charge >= 0.3 is 5.69 Å². The molecule has 2 heterocycles. The maximum absolute atomic E-state index is 13.4. The van der Waals surface area contributed by atoms with Crippen LogP contribution in [0.5, 0.6) is 0 Å². The van der Waals surface area contributed by atoms with Crippen molar-refractivity contribution in [3.05, 3.63) is 74.3 Å². The van der Waals surface area contributed by atoms with Crippen molar-refractivity contribution < 1.29 is 9.18 Å². The summed E-state index contributed by atoms with van der Waals surface area (Å²) >= 11 is 0. The molecule has 1 N–H and O–H groups in total. The summed E-state index contributed by atoms with van der Waals surface area (Å²) in [6.07, 6.45) is 3.40. The van der Waals surface area contributed by atoms with Crippen LogP contribution in [0, 0.1) is 5.82 Å². The van der Waals surface area contributed by atoms with Crippen molar-refractivity contribution in [2.24, 2.45) is 14.1 Å². The molecule has 0 saturated heterocycles. The van der Waals surface area contributed by atoms with Crippen LogP contribution >= 0.6 is 0 Å². The molecule has 0 atom stereocenters. The van der Waals surface area contributed by atoms with Crippen molar-refractivity contribution in [2.75, 3.05) is 0 Å². The summed E-state index contributed by atoms with van der Waals surface area (Å²) in [5.41, 5.74) is -0.415. The van der Waals surface area contributed by atoms with Gasteiger partial charge < -0.3 is 5.32 Å². The number of nitrogens with zero attached hydrogens (tertiary/aromatic N) is 3. The Kier molecular flexibility index (Phi) is 4.56. The summed E-state index contributed by atoms with van der Waals surface area (Å²) in [6.45, 7) is 0. The maximum Gasteiger partial charge on any atom is 0.332 e. The third kappa shape index (κ3) is 3.14. The molecular formula is C21H21FN4O3. The molecule has 4 rings (SSSR count). The molecule has 0 spiro atoms. The summed E-state index contributed by atoms with van der Waals surface area (Å²) < 4.78 is 15.6. The van der Waals surface area contributed by atoms with Gasteiger partial charge in [0.15, 0.2) is 0 Å². The topological polar surface area (TPSA) is 86.0 Å². The van der Waals surface area contributed by atoms with Gasteiger partial charge in [0.1, 0.15) is 17.2 Å². The molecule has 1 aliphatic rings. The van der Waals surface area contributed by atoms with Crippen LogP contribution in [0.1, 0.15) is 41.7 Å². The Bertz CT molecular complexity index is 1220. The average molecular weight is 396 g/mol. The molecule has 1 aliphatic carbocycles. The number of pyridine rings is 1. The van der Waals surface area contributed by atoms with Gasteiger partial charge in [0.25, 0.3) is 11.5 Å². The average Bonchev–Trinajstić information content (AvgIpc) is 3.20. The van der Waals surface area contributed by atoms with Crippen molar-refractivity contribution in [2.45, 2.75) is 31.2 Å². The van der Waals surface area contributed by atoms with E-state index >= 15 is 0 Å². The van der Waals surface area contributed by atoms with Gasteiger partial charge in [-0.25, -0.2) is 14.2 Å². The third-order valence-corrected chi connectivity index (χ3v) is 5.74. The molecule has 1 saturated carbocycles. The normalized spacial score (nSPS) is 15.6. The maximum atomic E-state index is 13.4. The molecule has 0 aliphatic heterocycles. The van der Waals surface area contributed by atoms with E-state index in [2.05, 4.69) is 10.3 Å². The molecule has 8 heteroatoms. The van der Waals surface area contributed by atoms with Crippen LogP contribution < -0.4 is 16.6 Å². The van der Waals surface area contributed by atoms with E-state index in [-0.39, 0.29) is 22.5 Å². The second-order valence-electron chi connectivity index (χ2n) is 7.52. The Balaban J connectivity index is 1.74. The van der Waals surface area contributed by atoms with E-state index in [4.69, 9.17) is 0 Å². The molecule has 1 amide bonds. The lowest BCUT2D eigenvalue weighted by atomic mass is 9.88. The van der Waals surface area contributed by atoms with Gasteiger partial charge in [-0.2, -0.15) is 0 Å². The van der Waals surface area contributed by atoms with Crippen LogP contribution in [0.15, 0.2) is 46.0 Å². The van der Waals surface area contributed by atoms with Crippen LogP contribution in [0.25, 0.3) is 11.0 Å². The molecule has 1 aromatic carbocycles. The van der Waals surface area contributed by atoms with Gasteiger partial charge in [0, 0.05) is 14.1 Å². The lowest BCUT2D eigenvalue weighted by molar-refractivity contribution is 0.0893. The first-order valence-electron chi connectivity index (χ1n) is 9.48. The number of aryl methyl sites for hydroxylation is 1. The lowest BCUT2D eigenvalue weighted by Crippen LogP contribution is -2.44. The van der Waals surface area contributed by atoms with E-state index in [0.717, 1.165) is 35.8 Å². The van der Waals surface area contributed by atoms with Crippen LogP contribution in [-0.2, 0) is 19.6 Å². The van der Waals surface area contributed by atoms with Crippen molar-refractivity contribution in [1.82, 2.24) is 19.4 Å². The first-order chi connectivity index (χ1) is 13.8. The Hall–Kier alpha value is -3.29. The molecule has 29 heavy (non-hydrogen) atoms. The number of hydrogen-bond donors (Lipinski definition) is 1. The highest BCUT2D eigenvalue weighted by molar-refractivity contribution is 5.94. The largest absolute Gasteiger partial charge is 0.341 e. The number of hydrogen-bond acceptors (Lipinski definition) is 4. The van der Waals surface area contributed by atoms with Crippen molar-refractivity contribution in [3.63, 3.8) is 0 Å². The van der Waals surface area contributed by atoms with E-state index in [0.29, 0.717) is 0 Å². The Labute approximate surface area is 165 Å². The number of carbonyl (C=O) groups excluding carboxylic acids is 1. The molecule has 0 unspecified atom stereocenters. The Morgan fingerprint density at radius 1 is 1.03 bits per heavy atom. The smallest absolute Gasteiger partial charge is 0.332 e. The monoisotopic (exact) mass is 396 g/mol. The second kappa shape index (κ2) is 6.95. The number of amides is 1. The Morgan fingerprint density at radius 2 is 1.69 bits per heavy atom. The second-order valence-corrected chi connectivity index (χ2v) is 7.52. The minimum Gasteiger partial charge on any atom is -0.341 e. The van der Waals surface area contributed by atoms with Gasteiger partial charge in [-0.1, -0.05) is 25.0 Å². The Morgan fingerprint density at radius 3 is 2.34 bits per heavy atom. The lowest BCUT2D eigenvalue weighted by Gasteiger charge is -2.31. The summed E-state index contributed by atoms with van der Waals surface area (Å²) in [4.78, 5) is 41.8. The molecule has 7 nitrogen and oxygen atoms in total. The van der Waals surface area contributed by atoms with Crippen LogP contribution in [0.4, 0.5) is 4.39 Å². The van der Waals surface area contributed by atoms with Crippen LogP contribution in [-0.4, -0.2) is 20.0 Å². The number of carbonyl (C=O) groups is 1. The number of nitrogens with one attached hydrogen (secondary N) is 1. The number of aromatic nitrogens is 3. The van der Waals surface area contributed by atoms with Gasteiger partial charge in [-0.05, 0) is 42.7 Å². The van der Waals surface area contributed by atoms with Gasteiger partial charge in [-0.3, -0.25) is 18.7 Å². The SMILES string of the molecule is Cn1c(=O)c2ccc(C(=O)NC3(c4ccc(F)cc4)CCCC3)nc2n(C)c1=O. The molecule has 1 fully saturated rings. The minimum absolute atomic E-state index is 0.120. The third-order valence-electron chi connectivity index (χ3n) is 5.74. The van der Waals surface area contributed by atoms with Crippen LogP contribution in [0.2, 0.25) is 0 Å². The zero-order valence-electron chi connectivity index (χ0n) is 16.2. The number of benzene rings is 1. The fourth-order valence-electron chi connectivity index (χ4n) is 4.10. The van der Waals surface area contributed by atoms with E-state index in [9.17, 15) is 18.8 Å². The van der Waals surface area contributed by atoms with E-state index in [1.165, 1.54) is 42.9 Å². The first kappa shape index (κ1) is 19.0. The summed E-state index contributed by atoms with van der Waals surface area (Å²) in [6, 6.07) is 9.17. The van der Waals surface area contributed by atoms with Gasteiger partial charge in [-0.15, -0.1) is 0 Å². The number of rotatable bonds is 3. The molecular weight excluding hydrogens is 375 g/mol. The standard InChI is InChI=1S/C21H21FN4O3/c1-25-17-15(19(28)26(2)20(25)29)9-10-16(23-17)18(27)24-21(11-3-4-12-21)13-5-7-14(22)8-6-13/h5-10H,3-4,11-12H2,1-2H3,(H,24,27). The molecule has 0 radical (unpaired) electrons. The zero-order valence-corrected chi connectivity index (χ0v) is 16.2. The minimum atomic E-state index is -0.583.